The van der Waals surface area contributed by atoms with E-state index in [1.54, 1.807) is 19.1 Å². The second-order valence-electron chi connectivity index (χ2n) is 8.44. The van der Waals surface area contributed by atoms with Crippen LogP contribution in [0.3, 0.4) is 0 Å². The molecule has 1 aliphatic heterocycles. The molecule has 1 amide bonds. The number of nitrogens with zero attached hydrogens (tertiary/aromatic N) is 5. The predicted molar refractivity (Wildman–Crippen MR) is 119 cm³/mol. The van der Waals surface area contributed by atoms with Gasteiger partial charge in [0.05, 0.1) is 5.56 Å². The molecule has 0 saturated carbocycles. The van der Waals surface area contributed by atoms with Gasteiger partial charge in [-0.15, -0.1) is 0 Å². The lowest BCUT2D eigenvalue weighted by Gasteiger charge is -2.39. The summed E-state index contributed by atoms with van der Waals surface area (Å²) in [4.78, 5) is 24.8. The zero-order valence-corrected chi connectivity index (χ0v) is 18.9. The third kappa shape index (κ3) is 4.42. The Morgan fingerprint density at radius 2 is 2.06 bits per heavy atom. The Labute approximate surface area is 187 Å². The molecule has 168 valence electrons. The number of anilines is 1. The van der Waals surface area contributed by atoms with Crippen LogP contribution < -0.4 is 10.1 Å². The first-order valence-electron chi connectivity index (χ1n) is 10.7. The van der Waals surface area contributed by atoms with E-state index in [2.05, 4.69) is 22.6 Å². The smallest absolute Gasteiger partial charge is 0.257 e. The highest BCUT2D eigenvalue weighted by Gasteiger charge is 2.38. The summed E-state index contributed by atoms with van der Waals surface area (Å²) in [6.45, 7) is 7.29. The lowest BCUT2D eigenvalue weighted by atomic mass is 9.80. The molecule has 1 atom stereocenters. The normalized spacial score (nSPS) is 18.4. The Bertz CT molecular complexity index is 1110. The molecule has 4 rings (SSSR count). The van der Waals surface area contributed by atoms with Gasteiger partial charge in [0.15, 0.2) is 0 Å². The molecule has 0 bridgehead atoms. The summed E-state index contributed by atoms with van der Waals surface area (Å²) in [5, 5.41) is 10.7. The van der Waals surface area contributed by atoms with E-state index < -0.39 is 0 Å². The molecule has 3 aromatic rings. The van der Waals surface area contributed by atoms with Gasteiger partial charge < -0.3 is 15.0 Å². The number of likely N-dealkylation sites (tertiary alicyclic amines) is 1. The number of nitrogens with one attached hydrogen (secondary N) is 1. The van der Waals surface area contributed by atoms with Crippen LogP contribution in [0.4, 0.5) is 5.82 Å². The maximum absolute atomic E-state index is 13.5. The zero-order valence-electron chi connectivity index (χ0n) is 18.9. The number of benzene rings is 1. The van der Waals surface area contributed by atoms with Gasteiger partial charge in [-0.2, -0.15) is 0 Å². The average Bonchev–Trinajstić information content (AvgIpc) is 3.21. The van der Waals surface area contributed by atoms with Crippen LogP contribution in [0.5, 0.6) is 5.75 Å². The molecule has 0 spiro atoms. The third-order valence-corrected chi connectivity index (χ3v) is 5.86. The maximum atomic E-state index is 13.5. The number of hydrogen-bond donors (Lipinski definition) is 1. The van der Waals surface area contributed by atoms with Gasteiger partial charge in [0.2, 0.25) is 0 Å². The molecule has 9 heteroatoms. The fourth-order valence-corrected chi connectivity index (χ4v) is 4.03. The summed E-state index contributed by atoms with van der Waals surface area (Å²) < 4.78 is 10.6. The minimum absolute atomic E-state index is 0.0667. The molecule has 0 aliphatic carbocycles. The van der Waals surface area contributed by atoms with Crippen molar-refractivity contribution >= 4 is 11.7 Å². The van der Waals surface area contributed by atoms with E-state index in [0.29, 0.717) is 35.8 Å². The number of carbonyl (C=O) groups excluding carboxylic acids is 1. The van der Waals surface area contributed by atoms with Gasteiger partial charge in [-0.05, 0) is 38.8 Å². The summed E-state index contributed by atoms with van der Waals surface area (Å²) >= 11 is 0. The molecule has 2 aromatic heterocycles. The van der Waals surface area contributed by atoms with Crippen molar-refractivity contribution in [2.45, 2.75) is 45.6 Å². The Balaban J connectivity index is 1.55. The van der Waals surface area contributed by atoms with E-state index in [9.17, 15) is 4.79 Å². The number of para-hydroxylation sites is 1. The van der Waals surface area contributed by atoms with Crippen molar-refractivity contribution in [3.05, 3.63) is 58.8 Å². The number of aromatic nitrogens is 4. The van der Waals surface area contributed by atoms with Gasteiger partial charge in [0.1, 0.15) is 35.4 Å². The van der Waals surface area contributed by atoms with E-state index in [0.717, 1.165) is 30.2 Å². The monoisotopic (exact) mass is 436 g/mol. The Kier molecular flexibility index (Phi) is 6.07. The second kappa shape index (κ2) is 8.94. The van der Waals surface area contributed by atoms with Crippen molar-refractivity contribution in [2.24, 2.45) is 0 Å². The van der Waals surface area contributed by atoms with Gasteiger partial charge in [-0.3, -0.25) is 4.79 Å². The van der Waals surface area contributed by atoms with Crippen LogP contribution >= 0.6 is 0 Å². The number of hydrogen-bond acceptors (Lipinski definition) is 8. The summed E-state index contributed by atoms with van der Waals surface area (Å²) in [6.07, 6.45) is 1.79. The number of ether oxygens (including phenoxy) is 1. The minimum atomic E-state index is -0.329. The lowest BCUT2D eigenvalue weighted by molar-refractivity contribution is 0.0639. The van der Waals surface area contributed by atoms with Crippen LogP contribution in [0.15, 0.2) is 35.0 Å². The third-order valence-electron chi connectivity index (χ3n) is 5.86. The quantitative estimate of drug-likeness (QED) is 0.627. The van der Waals surface area contributed by atoms with Crippen molar-refractivity contribution in [1.29, 1.82) is 0 Å². The molecular formula is C23H28N6O3. The van der Waals surface area contributed by atoms with Crippen LogP contribution in [-0.2, 0) is 12.0 Å². The second-order valence-corrected chi connectivity index (χ2v) is 8.44. The van der Waals surface area contributed by atoms with Gasteiger partial charge in [-0.25, -0.2) is 14.6 Å². The zero-order chi connectivity index (χ0) is 22.7. The fourth-order valence-electron chi connectivity index (χ4n) is 4.03. The van der Waals surface area contributed by atoms with Crippen molar-refractivity contribution in [1.82, 2.24) is 25.2 Å². The molecule has 1 saturated heterocycles. The molecule has 0 unspecified atom stereocenters. The number of carbonyl (C=O) groups is 1. The first kappa shape index (κ1) is 21.7. The van der Waals surface area contributed by atoms with Crippen LogP contribution in [0.2, 0.25) is 0 Å². The van der Waals surface area contributed by atoms with Gasteiger partial charge in [0.25, 0.3) is 5.91 Å². The fraction of sp³-hybridized carbons (Fsp3) is 0.435. The van der Waals surface area contributed by atoms with Crippen molar-refractivity contribution in [3.8, 4) is 5.75 Å². The standard InChI is InChI=1S/C23H28N6O3/c1-15-12-20(24-4)26-22(25-15)23(3)10-7-11-29(14-23)21(30)17-8-5-6-9-19(17)31-13-18-16(2)27-32-28-18/h5-6,8-9,12H,7,10-11,13-14H2,1-4H3,(H,24,25,26)/t23-/m1/s1. The Hall–Kier alpha value is -3.49. The largest absolute Gasteiger partial charge is 0.486 e. The Morgan fingerprint density at radius 3 is 2.81 bits per heavy atom. The SMILES string of the molecule is CNc1cc(C)nc([C@]2(C)CCCN(C(=O)c3ccccc3OCc3nonc3C)C2)n1. The first-order chi connectivity index (χ1) is 15.4. The number of piperidine rings is 1. The average molecular weight is 437 g/mol. The molecule has 1 aromatic carbocycles. The van der Waals surface area contributed by atoms with E-state index in [4.69, 9.17) is 19.3 Å². The van der Waals surface area contributed by atoms with Crippen molar-refractivity contribution < 1.29 is 14.2 Å². The molecule has 1 N–H and O–H groups in total. The van der Waals surface area contributed by atoms with Crippen LogP contribution in [-0.4, -0.2) is 51.2 Å². The highest BCUT2D eigenvalue weighted by molar-refractivity contribution is 5.97. The number of aryl methyl sites for hydroxylation is 2. The van der Waals surface area contributed by atoms with Crippen LogP contribution in [0.1, 0.15) is 53.0 Å². The molecular weight excluding hydrogens is 408 g/mol. The molecule has 1 aliphatic rings. The summed E-state index contributed by atoms with van der Waals surface area (Å²) in [7, 11) is 1.85. The predicted octanol–water partition coefficient (Wildman–Crippen LogP) is 3.29. The van der Waals surface area contributed by atoms with Crippen molar-refractivity contribution in [3.63, 3.8) is 0 Å². The summed E-state index contributed by atoms with van der Waals surface area (Å²) in [5.41, 5.74) is 2.37. The summed E-state index contributed by atoms with van der Waals surface area (Å²) in [6, 6.07) is 9.19. The van der Waals surface area contributed by atoms with Crippen LogP contribution in [0, 0.1) is 13.8 Å². The van der Waals surface area contributed by atoms with Gasteiger partial charge in [-0.1, -0.05) is 29.4 Å². The van der Waals surface area contributed by atoms with E-state index in [-0.39, 0.29) is 17.9 Å². The Morgan fingerprint density at radius 1 is 1.25 bits per heavy atom. The minimum Gasteiger partial charge on any atom is -0.486 e. The topological polar surface area (TPSA) is 106 Å². The highest BCUT2D eigenvalue weighted by Crippen LogP contribution is 2.34. The molecule has 0 radical (unpaired) electrons. The molecule has 32 heavy (non-hydrogen) atoms. The van der Waals surface area contributed by atoms with E-state index >= 15 is 0 Å². The molecule has 9 nitrogen and oxygen atoms in total. The maximum Gasteiger partial charge on any atom is 0.257 e. The number of amides is 1. The summed E-state index contributed by atoms with van der Waals surface area (Å²) in [5.74, 6) is 1.99. The van der Waals surface area contributed by atoms with E-state index in [1.807, 2.05) is 37.1 Å². The van der Waals surface area contributed by atoms with Gasteiger partial charge in [0, 0.05) is 37.3 Å². The van der Waals surface area contributed by atoms with E-state index in [1.165, 1.54) is 0 Å². The van der Waals surface area contributed by atoms with Crippen molar-refractivity contribution in [2.75, 3.05) is 25.5 Å². The lowest BCUT2D eigenvalue weighted by Crippen LogP contribution is -2.48. The first-order valence-corrected chi connectivity index (χ1v) is 10.7. The van der Waals surface area contributed by atoms with Gasteiger partial charge >= 0.3 is 0 Å². The van der Waals surface area contributed by atoms with Crippen LogP contribution in [0.25, 0.3) is 0 Å². The highest BCUT2D eigenvalue weighted by atomic mass is 16.6. The number of rotatable bonds is 6. The molecule has 3 heterocycles. The molecule has 1 fully saturated rings.